The molecular weight excluding hydrogens is 577 g/mol. The van der Waals surface area contributed by atoms with Gasteiger partial charge < -0.3 is 4.48 Å². The van der Waals surface area contributed by atoms with Gasteiger partial charge >= 0.3 is 0 Å². The normalized spacial score (nSPS) is 18.7. The maximum absolute atomic E-state index is 2.36. The largest absolute Gasteiger partial charge is 0.320 e. The first-order valence-electron chi connectivity index (χ1n) is 17.9. The highest BCUT2D eigenvalue weighted by Crippen LogP contribution is 2.38. The van der Waals surface area contributed by atoms with E-state index < -0.39 is 6.15 Å². The third-order valence-electron chi connectivity index (χ3n) is 11.6. The average Bonchev–Trinajstić information content (AvgIpc) is 3.18. The summed E-state index contributed by atoms with van der Waals surface area (Å²) in [5.41, 5.74) is 6.94. The third kappa shape index (κ3) is 5.65. The minimum Gasteiger partial charge on any atom is -0.320 e. The van der Waals surface area contributed by atoms with Crippen LogP contribution in [0.2, 0.25) is 0 Å². The predicted molar refractivity (Wildman–Crippen MR) is 207 cm³/mol. The molecule has 7 aromatic carbocycles. The molecule has 3 fully saturated rings. The van der Waals surface area contributed by atoms with Gasteiger partial charge in [0.25, 0.3) is 0 Å². The molecule has 236 valence electrons. The number of benzene rings is 7. The van der Waals surface area contributed by atoms with Crippen molar-refractivity contribution in [3.63, 3.8) is 0 Å². The van der Waals surface area contributed by atoms with Gasteiger partial charge in [-0.1, -0.05) is 170 Å². The van der Waals surface area contributed by atoms with E-state index in [1.165, 1.54) is 93.3 Å². The fourth-order valence-electron chi connectivity index (χ4n) is 9.11. The first-order valence-corrected chi connectivity index (χ1v) is 17.9. The van der Waals surface area contributed by atoms with Gasteiger partial charge in [0.05, 0.1) is 19.6 Å². The van der Waals surface area contributed by atoms with Crippen molar-refractivity contribution < 1.29 is 4.48 Å². The molecule has 48 heavy (non-hydrogen) atoms. The van der Waals surface area contributed by atoms with Gasteiger partial charge in [0.2, 0.25) is 0 Å². The molecule has 3 saturated heterocycles. The van der Waals surface area contributed by atoms with Crippen LogP contribution < -0.4 is 21.9 Å². The Labute approximate surface area is 286 Å². The van der Waals surface area contributed by atoms with Crippen molar-refractivity contribution in [1.29, 1.82) is 0 Å². The van der Waals surface area contributed by atoms with Crippen molar-refractivity contribution in [3.05, 3.63) is 181 Å². The minimum atomic E-state index is -1.22. The molecule has 1 nitrogen and oxygen atoms in total. The maximum atomic E-state index is 2.36. The van der Waals surface area contributed by atoms with Crippen molar-refractivity contribution in [2.24, 2.45) is 5.92 Å². The van der Waals surface area contributed by atoms with Gasteiger partial charge in [0.1, 0.15) is 12.7 Å². The summed E-state index contributed by atoms with van der Waals surface area (Å²) in [6, 6.07) is 63.8. The quantitative estimate of drug-likeness (QED) is 0.0998. The van der Waals surface area contributed by atoms with Gasteiger partial charge in [-0.15, -0.1) is 0 Å². The Kier molecular flexibility index (Phi) is 8.43. The average molecular weight is 622 g/mol. The van der Waals surface area contributed by atoms with Crippen molar-refractivity contribution in [3.8, 4) is 0 Å². The highest BCUT2D eigenvalue weighted by atomic mass is 15.4. The summed E-state index contributed by atoms with van der Waals surface area (Å²) in [7, 11) is 0. The lowest BCUT2D eigenvalue weighted by Crippen LogP contribution is -2.74. The monoisotopic (exact) mass is 621 g/mol. The predicted octanol–water partition coefficient (Wildman–Crippen LogP) is 8.19. The van der Waals surface area contributed by atoms with E-state index in [0.717, 1.165) is 5.92 Å². The summed E-state index contributed by atoms with van der Waals surface area (Å²) in [6.07, 6.45) is 3.13. The Balaban J connectivity index is 0.000000140. The summed E-state index contributed by atoms with van der Waals surface area (Å²) in [5, 5.41) is 5.72. The second-order valence-corrected chi connectivity index (χ2v) is 14.2. The third-order valence-corrected chi connectivity index (χ3v) is 11.6. The molecule has 3 aliphatic heterocycles. The molecule has 0 radical (unpaired) electrons. The standard InChI is InChI=1S/C24H20B.C22H24N/c1-5-13-21(14-6-1)25(22-15-7-2-8-16-22,23-17-9-3-10-18-23)24-19-11-4-12-20-24;1-3-7-20-18(5-1)15-19-6-2-4-8-21(19)22(20)16-23-12-9-17(10-13-23)11-14-23/h1-20H;1-8,15,17H,9-14,16H2/q-1;+1. The molecule has 10 rings (SSSR count). The Morgan fingerprint density at radius 2 is 0.750 bits per heavy atom. The molecule has 0 atom stereocenters. The van der Waals surface area contributed by atoms with E-state index in [2.05, 4.69) is 176 Å². The van der Waals surface area contributed by atoms with Crippen LogP contribution in [0.1, 0.15) is 24.8 Å². The summed E-state index contributed by atoms with van der Waals surface area (Å²) >= 11 is 0. The molecule has 0 aromatic heterocycles. The zero-order valence-corrected chi connectivity index (χ0v) is 27.8. The van der Waals surface area contributed by atoms with Crippen molar-refractivity contribution in [1.82, 2.24) is 0 Å². The number of fused-ring (bicyclic) bond motifs is 5. The smallest absolute Gasteiger partial charge is 0.108 e. The van der Waals surface area contributed by atoms with Gasteiger partial charge in [-0.2, -0.15) is 21.9 Å². The molecule has 0 amide bonds. The molecule has 3 aliphatic rings. The molecule has 0 unspecified atom stereocenters. The zero-order chi connectivity index (χ0) is 32.2. The van der Waals surface area contributed by atoms with E-state index >= 15 is 0 Å². The molecule has 0 aliphatic carbocycles. The van der Waals surface area contributed by atoms with E-state index in [0.29, 0.717) is 0 Å². The van der Waals surface area contributed by atoms with Crippen LogP contribution in [0.3, 0.4) is 0 Å². The second kappa shape index (κ2) is 13.3. The van der Waals surface area contributed by atoms with Crippen LogP contribution in [-0.2, 0) is 6.54 Å². The van der Waals surface area contributed by atoms with E-state index in [1.54, 1.807) is 5.56 Å². The van der Waals surface area contributed by atoms with Crippen LogP contribution >= 0.6 is 0 Å². The summed E-state index contributed by atoms with van der Waals surface area (Å²) in [5.74, 6) is 1.03. The Bertz CT molecular complexity index is 1870. The van der Waals surface area contributed by atoms with Crippen molar-refractivity contribution >= 4 is 49.5 Å². The van der Waals surface area contributed by atoms with Crippen molar-refractivity contribution in [2.75, 3.05) is 19.6 Å². The van der Waals surface area contributed by atoms with Gasteiger partial charge in [0.15, 0.2) is 0 Å². The Morgan fingerprint density at radius 3 is 1.12 bits per heavy atom. The molecule has 0 saturated carbocycles. The molecule has 7 aromatic rings. The fourth-order valence-corrected chi connectivity index (χ4v) is 9.11. The van der Waals surface area contributed by atoms with Crippen molar-refractivity contribution in [2.45, 2.75) is 25.8 Å². The SMILES string of the molecule is c1ccc([B-](c2ccccc2)(c2ccccc2)c2ccccc2)cc1.c1ccc2c(C[N+]34CCC(CC3)CC4)c3ccccc3cc2c1. The van der Waals surface area contributed by atoms with Gasteiger partial charge in [-0.25, -0.2) is 0 Å². The summed E-state index contributed by atoms with van der Waals surface area (Å²) < 4.78 is 1.33. The van der Waals surface area contributed by atoms with E-state index in [1.807, 2.05) is 0 Å². The van der Waals surface area contributed by atoms with Crippen LogP contribution in [-0.4, -0.2) is 30.3 Å². The molecular formula is C46H44BN. The highest BCUT2D eigenvalue weighted by molar-refractivity contribution is 7.19. The van der Waals surface area contributed by atoms with E-state index in [9.17, 15) is 0 Å². The van der Waals surface area contributed by atoms with Crippen LogP contribution in [0.25, 0.3) is 21.5 Å². The summed E-state index contributed by atoms with van der Waals surface area (Å²) in [4.78, 5) is 0. The van der Waals surface area contributed by atoms with E-state index in [-0.39, 0.29) is 0 Å². The van der Waals surface area contributed by atoms with Gasteiger partial charge in [0, 0.05) is 5.56 Å². The number of piperidine rings is 3. The topological polar surface area (TPSA) is 0 Å². The number of hydrogen-bond acceptors (Lipinski definition) is 0. The number of hydrogen-bond donors (Lipinski definition) is 0. The van der Waals surface area contributed by atoms with Gasteiger partial charge in [-0.3, -0.25) is 0 Å². The molecule has 0 N–H and O–H groups in total. The lowest BCUT2D eigenvalue weighted by molar-refractivity contribution is -0.954. The maximum Gasteiger partial charge on any atom is 0.108 e. The number of quaternary nitrogens is 1. The van der Waals surface area contributed by atoms with Gasteiger partial charge in [-0.05, 0) is 52.8 Å². The lowest BCUT2D eigenvalue weighted by Gasteiger charge is -2.49. The molecule has 0 spiro atoms. The van der Waals surface area contributed by atoms with Crippen LogP contribution in [0.5, 0.6) is 0 Å². The first-order chi connectivity index (χ1) is 23.8. The Morgan fingerprint density at radius 1 is 0.417 bits per heavy atom. The van der Waals surface area contributed by atoms with Crippen LogP contribution in [0.4, 0.5) is 0 Å². The number of nitrogens with zero attached hydrogens (tertiary/aromatic N) is 1. The fraction of sp³-hybridized carbons (Fsp3) is 0.174. The zero-order valence-electron chi connectivity index (χ0n) is 27.8. The lowest BCUT2D eigenvalue weighted by atomic mass is 9.13. The second-order valence-electron chi connectivity index (χ2n) is 14.2. The van der Waals surface area contributed by atoms with Crippen LogP contribution in [0, 0.1) is 5.92 Å². The molecule has 2 bridgehead atoms. The molecule has 2 heteroatoms. The Hall–Kier alpha value is -4.92. The number of rotatable bonds is 6. The van der Waals surface area contributed by atoms with E-state index in [4.69, 9.17) is 0 Å². The minimum absolute atomic E-state index is 1.03. The van der Waals surface area contributed by atoms with Crippen LogP contribution in [0.15, 0.2) is 176 Å². The molecule has 3 heterocycles. The summed E-state index contributed by atoms with van der Waals surface area (Å²) in [6.45, 7) is 5.39. The highest BCUT2D eigenvalue weighted by Gasteiger charge is 2.40. The first kappa shape index (κ1) is 30.4.